The molecule has 4 heterocycles. The van der Waals surface area contributed by atoms with Crippen molar-refractivity contribution < 1.29 is 31.5 Å². The highest BCUT2D eigenvalue weighted by Gasteiger charge is 2.42. The number of aliphatic carboxylic acids is 1. The molecule has 1 N–H and O–H groups in total. The van der Waals surface area contributed by atoms with Crippen molar-refractivity contribution in [3.05, 3.63) is 35.0 Å². The largest absolute Gasteiger partial charge is 0.480 e. The molecule has 0 spiro atoms. The lowest BCUT2D eigenvalue weighted by Gasteiger charge is -2.20. The predicted octanol–water partition coefficient (Wildman–Crippen LogP) is 3.02. The Balaban J connectivity index is 1.95. The van der Waals surface area contributed by atoms with Crippen LogP contribution in [0.2, 0.25) is 0 Å². The van der Waals surface area contributed by atoms with Crippen molar-refractivity contribution in [3.63, 3.8) is 0 Å². The van der Waals surface area contributed by atoms with Crippen LogP contribution < -0.4 is 0 Å². The lowest BCUT2D eigenvalue weighted by Crippen LogP contribution is -2.40. The van der Waals surface area contributed by atoms with Crippen LogP contribution in [0.25, 0.3) is 16.2 Å². The third-order valence-corrected chi connectivity index (χ3v) is 7.72. The molecule has 0 aliphatic carbocycles. The number of alkyl halides is 3. The van der Waals surface area contributed by atoms with E-state index < -0.39 is 44.4 Å². The molecule has 0 amide bonds. The van der Waals surface area contributed by atoms with Gasteiger partial charge >= 0.3 is 12.1 Å². The third-order valence-electron chi connectivity index (χ3n) is 4.80. The van der Waals surface area contributed by atoms with Gasteiger partial charge in [-0.3, -0.25) is 4.79 Å². The summed E-state index contributed by atoms with van der Waals surface area (Å²) in [5, 5.41) is 12.9. The first-order valence-electron chi connectivity index (χ1n) is 8.77. The lowest BCUT2D eigenvalue weighted by atomic mass is 10.2. The van der Waals surface area contributed by atoms with Crippen LogP contribution >= 0.6 is 11.3 Å². The summed E-state index contributed by atoms with van der Waals surface area (Å²) < 4.78 is 68.5. The Morgan fingerprint density at radius 3 is 2.67 bits per heavy atom. The SMILES string of the molecule is Cc1ccc(-c2cc(C(F)(F)F)n3ncc(S(=O)(=O)N4CCC[C@H]4C(=O)O)c3n2)s1. The van der Waals surface area contributed by atoms with E-state index in [4.69, 9.17) is 0 Å². The minimum atomic E-state index is -4.81. The van der Waals surface area contributed by atoms with E-state index in [9.17, 15) is 31.5 Å². The van der Waals surface area contributed by atoms with E-state index in [1.54, 1.807) is 19.1 Å². The van der Waals surface area contributed by atoms with Gasteiger partial charge in [-0.25, -0.2) is 17.9 Å². The topological polar surface area (TPSA) is 105 Å². The molecule has 8 nitrogen and oxygen atoms in total. The highest BCUT2D eigenvalue weighted by Crippen LogP contribution is 2.36. The third kappa shape index (κ3) is 3.36. The zero-order valence-electron chi connectivity index (χ0n) is 15.4. The van der Waals surface area contributed by atoms with Gasteiger partial charge in [-0.15, -0.1) is 11.3 Å². The minimum Gasteiger partial charge on any atom is -0.480 e. The standard InChI is InChI=1S/C17H15F3N4O4S2/c1-9-4-5-12(29-9)10-7-14(17(18,19)20)24-15(22-10)13(8-21-24)30(27,28)23-6-2-3-11(23)16(25)26/h4-5,7-8,11H,2-3,6H2,1H3,(H,25,26)/t11-/m0/s1. The number of nitrogens with zero attached hydrogens (tertiary/aromatic N) is 4. The Kier molecular flexibility index (Phi) is 4.86. The van der Waals surface area contributed by atoms with Gasteiger partial charge in [0.2, 0.25) is 10.0 Å². The van der Waals surface area contributed by atoms with Crippen molar-refractivity contribution >= 4 is 33.0 Å². The molecule has 160 valence electrons. The molecule has 1 atom stereocenters. The van der Waals surface area contributed by atoms with Gasteiger partial charge in [0.05, 0.1) is 16.8 Å². The molecule has 4 rings (SSSR count). The molecule has 1 aliphatic heterocycles. The Hall–Kier alpha value is -2.51. The molecule has 0 unspecified atom stereocenters. The number of fused-ring (bicyclic) bond motifs is 1. The number of thiophene rings is 1. The summed E-state index contributed by atoms with van der Waals surface area (Å²) in [5.41, 5.74) is -1.71. The maximum absolute atomic E-state index is 13.7. The number of carboxylic acids is 1. The number of aryl methyl sites for hydroxylation is 1. The highest BCUT2D eigenvalue weighted by atomic mass is 32.2. The van der Waals surface area contributed by atoms with Crippen LogP contribution in [0.4, 0.5) is 13.2 Å². The normalized spacial score (nSPS) is 18.3. The lowest BCUT2D eigenvalue weighted by molar-refractivity contribution is -0.143. The van der Waals surface area contributed by atoms with Crippen LogP contribution in [-0.4, -0.2) is 51.0 Å². The van der Waals surface area contributed by atoms with Crippen molar-refractivity contribution in [2.24, 2.45) is 0 Å². The van der Waals surface area contributed by atoms with Gasteiger partial charge in [0, 0.05) is 11.4 Å². The summed E-state index contributed by atoms with van der Waals surface area (Å²) >= 11 is 1.22. The molecule has 3 aromatic heterocycles. The minimum absolute atomic E-state index is 0.0407. The zero-order chi connectivity index (χ0) is 21.8. The molecular weight excluding hydrogens is 445 g/mol. The van der Waals surface area contributed by atoms with Crippen molar-refractivity contribution in [2.75, 3.05) is 6.54 Å². The van der Waals surface area contributed by atoms with E-state index in [0.29, 0.717) is 15.8 Å². The number of hydrogen-bond donors (Lipinski definition) is 1. The van der Waals surface area contributed by atoms with Gasteiger partial charge in [-0.2, -0.15) is 22.6 Å². The maximum Gasteiger partial charge on any atom is 0.433 e. The van der Waals surface area contributed by atoms with Crippen molar-refractivity contribution in [1.29, 1.82) is 0 Å². The van der Waals surface area contributed by atoms with E-state index in [-0.39, 0.29) is 18.7 Å². The monoisotopic (exact) mass is 460 g/mol. The maximum atomic E-state index is 13.7. The molecule has 0 radical (unpaired) electrons. The summed E-state index contributed by atoms with van der Waals surface area (Å²) in [6, 6.07) is 2.85. The smallest absolute Gasteiger partial charge is 0.433 e. The summed E-state index contributed by atoms with van der Waals surface area (Å²) in [6.45, 7) is 1.73. The average molecular weight is 460 g/mol. The number of halogens is 3. The summed E-state index contributed by atoms with van der Waals surface area (Å²) in [4.78, 5) is 16.3. The molecule has 1 saturated heterocycles. The van der Waals surface area contributed by atoms with Crippen LogP contribution in [0, 0.1) is 6.92 Å². The molecule has 13 heteroatoms. The van der Waals surface area contributed by atoms with Crippen molar-refractivity contribution in [2.45, 2.75) is 36.9 Å². The Labute approximate surface area is 172 Å². The molecule has 3 aromatic rings. The molecule has 30 heavy (non-hydrogen) atoms. The van der Waals surface area contributed by atoms with E-state index in [1.165, 1.54) is 11.3 Å². The Morgan fingerprint density at radius 2 is 2.07 bits per heavy atom. The van der Waals surface area contributed by atoms with Gasteiger partial charge in [0.25, 0.3) is 0 Å². The second kappa shape index (κ2) is 7.03. The summed E-state index contributed by atoms with van der Waals surface area (Å²) in [6.07, 6.45) is -3.58. The van der Waals surface area contributed by atoms with E-state index in [2.05, 4.69) is 10.1 Å². The highest BCUT2D eigenvalue weighted by molar-refractivity contribution is 7.89. The number of carboxylic acid groups (broad SMARTS) is 1. The predicted molar refractivity (Wildman–Crippen MR) is 101 cm³/mol. The molecule has 1 aliphatic rings. The van der Waals surface area contributed by atoms with E-state index in [0.717, 1.165) is 21.4 Å². The fraction of sp³-hybridized carbons (Fsp3) is 0.353. The van der Waals surface area contributed by atoms with Crippen LogP contribution in [0.5, 0.6) is 0 Å². The zero-order valence-corrected chi connectivity index (χ0v) is 17.1. The molecule has 0 bridgehead atoms. The summed E-state index contributed by atoms with van der Waals surface area (Å²) in [7, 11) is -4.43. The van der Waals surface area contributed by atoms with Crippen LogP contribution in [0.3, 0.4) is 0 Å². The number of sulfonamides is 1. The summed E-state index contributed by atoms with van der Waals surface area (Å²) in [5.74, 6) is -1.31. The molecule has 0 saturated carbocycles. The van der Waals surface area contributed by atoms with Crippen molar-refractivity contribution in [1.82, 2.24) is 18.9 Å². The van der Waals surface area contributed by atoms with Gasteiger partial charge < -0.3 is 5.11 Å². The molecular formula is C17H15F3N4O4S2. The Morgan fingerprint density at radius 1 is 1.33 bits per heavy atom. The first kappa shape index (κ1) is 20.8. The van der Waals surface area contributed by atoms with E-state index >= 15 is 0 Å². The molecule has 0 aromatic carbocycles. The number of carbonyl (C=O) groups is 1. The fourth-order valence-electron chi connectivity index (χ4n) is 3.43. The second-order valence-corrected chi connectivity index (χ2v) is 9.94. The first-order valence-corrected chi connectivity index (χ1v) is 11.0. The van der Waals surface area contributed by atoms with Crippen LogP contribution in [0.15, 0.2) is 29.3 Å². The fourth-order valence-corrected chi connectivity index (χ4v) is 5.95. The second-order valence-electron chi connectivity index (χ2n) is 6.79. The van der Waals surface area contributed by atoms with Gasteiger partial charge in [0.1, 0.15) is 10.9 Å². The molecule has 1 fully saturated rings. The average Bonchev–Trinajstić information content (AvgIpc) is 3.38. The number of aromatic nitrogens is 3. The van der Waals surface area contributed by atoms with Gasteiger partial charge in [0.15, 0.2) is 11.3 Å². The quantitative estimate of drug-likeness (QED) is 0.642. The van der Waals surface area contributed by atoms with Crippen LogP contribution in [-0.2, 0) is 21.0 Å². The van der Waals surface area contributed by atoms with Crippen molar-refractivity contribution in [3.8, 4) is 10.6 Å². The number of hydrogen-bond acceptors (Lipinski definition) is 6. The first-order chi connectivity index (χ1) is 14.0. The van der Waals surface area contributed by atoms with Crippen LogP contribution in [0.1, 0.15) is 23.4 Å². The van der Waals surface area contributed by atoms with Gasteiger partial charge in [-0.1, -0.05) is 0 Å². The van der Waals surface area contributed by atoms with E-state index in [1.807, 2.05) is 0 Å². The van der Waals surface area contributed by atoms with Gasteiger partial charge in [-0.05, 0) is 38.0 Å². The number of rotatable bonds is 4. The Bertz CT molecular complexity index is 1250.